The minimum absolute atomic E-state index is 0.0688. The first kappa shape index (κ1) is 18.7. The largest absolute Gasteiger partial charge is 0.273 e. The zero-order valence-corrected chi connectivity index (χ0v) is 17.8. The fourth-order valence-electron chi connectivity index (χ4n) is 4.52. The molecule has 5 rings (SSSR count). The molecule has 7 heteroatoms. The number of rotatable bonds is 2. The summed E-state index contributed by atoms with van der Waals surface area (Å²) in [5.41, 5.74) is 4.17. The molecule has 0 bridgehead atoms. The molecule has 1 amide bonds. The van der Waals surface area contributed by atoms with E-state index in [4.69, 9.17) is 4.98 Å². The van der Waals surface area contributed by atoms with Crippen molar-refractivity contribution in [3.63, 3.8) is 0 Å². The summed E-state index contributed by atoms with van der Waals surface area (Å²) in [7, 11) is 1.88. The Labute approximate surface area is 175 Å². The van der Waals surface area contributed by atoms with Crippen molar-refractivity contribution in [3.05, 3.63) is 59.5 Å². The van der Waals surface area contributed by atoms with Crippen molar-refractivity contribution in [1.29, 1.82) is 0 Å². The molecule has 4 heterocycles. The Balaban J connectivity index is 1.63. The van der Waals surface area contributed by atoms with E-state index in [2.05, 4.69) is 27.2 Å². The molecular formula is C23H24N6O. The maximum atomic E-state index is 13.5. The number of aromatic nitrogens is 5. The minimum atomic E-state index is -0.503. The number of nitrogens with zero attached hydrogens (tertiary/aromatic N) is 6. The standard InChI is InChI=1S/C23H24N6O/c1-13-17-7-9-20(26-21(17)28(5)27-13)29-19-10-15(16-11-24-14(2)25-12-16)6-8-18(19)23(3,4)22(29)30/h6-7,9-12,18H,8H2,1-5H3. The summed E-state index contributed by atoms with van der Waals surface area (Å²) in [4.78, 5) is 28.7. The highest BCUT2D eigenvalue weighted by atomic mass is 16.2. The van der Waals surface area contributed by atoms with E-state index in [0.717, 1.165) is 45.8 Å². The smallest absolute Gasteiger partial charge is 0.238 e. The topological polar surface area (TPSA) is 76.8 Å². The number of carbonyl (C=O) groups is 1. The summed E-state index contributed by atoms with van der Waals surface area (Å²) < 4.78 is 1.77. The fraction of sp³-hybridized carbons (Fsp3) is 0.348. The minimum Gasteiger partial charge on any atom is -0.273 e. The third-order valence-corrected chi connectivity index (χ3v) is 6.32. The maximum absolute atomic E-state index is 13.5. The Bertz CT molecular complexity index is 1250. The van der Waals surface area contributed by atoms with Crippen molar-refractivity contribution in [2.75, 3.05) is 4.90 Å². The SMILES string of the molecule is Cc1ncc(C2=CCC3C(=C2)N(c2ccc4c(C)nn(C)c4n2)C(=O)C3(C)C)cn1. The van der Waals surface area contributed by atoms with Crippen LogP contribution in [-0.4, -0.2) is 30.6 Å². The van der Waals surface area contributed by atoms with Crippen LogP contribution in [0.5, 0.6) is 0 Å². The number of aryl methyl sites for hydroxylation is 3. The van der Waals surface area contributed by atoms with E-state index in [1.807, 2.05) is 59.3 Å². The number of anilines is 1. The van der Waals surface area contributed by atoms with E-state index < -0.39 is 5.41 Å². The molecule has 30 heavy (non-hydrogen) atoms. The average molecular weight is 400 g/mol. The molecule has 0 spiro atoms. The van der Waals surface area contributed by atoms with Crippen LogP contribution in [-0.2, 0) is 11.8 Å². The van der Waals surface area contributed by atoms with Crippen molar-refractivity contribution < 1.29 is 4.79 Å². The van der Waals surface area contributed by atoms with Crippen LogP contribution in [0.4, 0.5) is 5.82 Å². The molecular weight excluding hydrogens is 376 g/mol. The predicted octanol–water partition coefficient (Wildman–Crippen LogP) is 3.74. The van der Waals surface area contributed by atoms with Gasteiger partial charge in [-0.2, -0.15) is 5.10 Å². The van der Waals surface area contributed by atoms with Gasteiger partial charge in [0, 0.05) is 42.0 Å². The second kappa shape index (κ2) is 6.32. The zero-order valence-electron chi connectivity index (χ0n) is 17.8. The van der Waals surface area contributed by atoms with Crippen molar-refractivity contribution >= 4 is 28.3 Å². The van der Waals surface area contributed by atoms with Gasteiger partial charge in [0.05, 0.1) is 11.1 Å². The molecule has 1 atom stereocenters. The molecule has 0 aromatic carbocycles. The lowest BCUT2D eigenvalue weighted by molar-refractivity contribution is -0.125. The van der Waals surface area contributed by atoms with Crippen molar-refractivity contribution in [2.45, 2.75) is 34.1 Å². The summed E-state index contributed by atoms with van der Waals surface area (Å²) in [6.45, 7) is 7.88. The van der Waals surface area contributed by atoms with Gasteiger partial charge in [0.1, 0.15) is 11.6 Å². The summed E-state index contributed by atoms with van der Waals surface area (Å²) in [5, 5.41) is 5.46. The van der Waals surface area contributed by atoms with E-state index in [-0.39, 0.29) is 11.8 Å². The van der Waals surface area contributed by atoms with Crippen molar-refractivity contribution in [1.82, 2.24) is 24.7 Å². The number of fused-ring (bicyclic) bond motifs is 2. The quantitative estimate of drug-likeness (QED) is 0.655. The van der Waals surface area contributed by atoms with Gasteiger partial charge < -0.3 is 0 Å². The van der Waals surface area contributed by atoms with Crippen molar-refractivity contribution in [3.8, 4) is 0 Å². The lowest BCUT2D eigenvalue weighted by atomic mass is 9.75. The third kappa shape index (κ3) is 2.61. The molecule has 152 valence electrons. The van der Waals surface area contributed by atoms with E-state index in [9.17, 15) is 4.79 Å². The predicted molar refractivity (Wildman–Crippen MR) is 115 cm³/mol. The van der Waals surface area contributed by atoms with Crippen LogP contribution >= 0.6 is 0 Å². The fourth-order valence-corrected chi connectivity index (χ4v) is 4.52. The Hall–Kier alpha value is -3.35. The van der Waals surface area contributed by atoms with Gasteiger partial charge >= 0.3 is 0 Å². The van der Waals surface area contributed by atoms with Gasteiger partial charge in [0.25, 0.3) is 0 Å². The summed E-state index contributed by atoms with van der Waals surface area (Å²) >= 11 is 0. The number of hydrogen-bond acceptors (Lipinski definition) is 5. The van der Waals surface area contributed by atoms with E-state index in [0.29, 0.717) is 5.82 Å². The highest BCUT2D eigenvalue weighted by Gasteiger charge is 2.51. The third-order valence-electron chi connectivity index (χ3n) is 6.32. The van der Waals surface area contributed by atoms with Gasteiger partial charge in [-0.25, -0.2) is 15.0 Å². The second-order valence-electron chi connectivity index (χ2n) is 8.65. The molecule has 1 fully saturated rings. The molecule has 0 N–H and O–H groups in total. The highest BCUT2D eigenvalue weighted by Crippen LogP contribution is 2.50. The van der Waals surface area contributed by atoms with Gasteiger partial charge in [0.2, 0.25) is 5.91 Å². The summed E-state index contributed by atoms with van der Waals surface area (Å²) in [6.07, 6.45) is 8.73. The molecule has 3 aromatic heterocycles. The number of hydrogen-bond donors (Lipinski definition) is 0. The van der Waals surface area contributed by atoms with Gasteiger partial charge in [-0.15, -0.1) is 0 Å². The van der Waals surface area contributed by atoms with Crippen LogP contribution in [0.3, 0.4) is 0 Å². The molecule has 0 radical (unpaired) electrons. The maximum Gasteiger partial charge on any atom is 0.238 e. The summed E-state index contributed by atoms with van der Waals surface area (Å²) in [6, 6.07) is 3.92. The van der Waals surface area contributed by atoms with Crippen LogP contribution in [0.15, 0.2) is 42.4 Å². The number of pyridine rings is 1. The summed E-state index contributed by atoms with van der Waals surface area (Å²) in [5.74, 6) is 1.55. The first-order chi connectivity index (χ1) is 14.3. The van der Waals surface area contributed by atoms with E-state index in [1.165, 1.54) is 0 Å². The molecule has 2 aliphatic rings. The number of allylic oxidation sites excluding steroid dienone is 4. The Kier molecular flexibility index (Phi) is 3.93. The molecule has 1 unspecified atom stereocenters. The molecule has 1 aliphatic carbocycles. The molecule has 0 saturated carbocycles. The van der Waals surface area contributed by atoms with Gasteiger partial charge in [-0.1, -0.05) is 19.9 Å². The van der Waals surface area contributed by atoms with Crippen LogP contribution in [0, 0.1) is 25.2 Å². The molecule has 3 aromatic rings. The first-order valence-electron chi connectivity index (χ1n) is 10.1. The first-order valence-corrected chi connectivity index (χ1v) is 10.1. The Morgan fingerprint density at radius 3 is 2.60 bits per heavy atom. The second-order valence-corrected chi connectivity index (χ2v) is 8.65. The van der Waals surface area contributed by atoms with Gasteiger partial charge in [0.15, 0.2) is 5.65 Å². The van der Waals surface area contributed by atoms with E-state index in [1.54, 1.807) is 9.58 Å². The number of amides is 1. The number of carbonyl (C=O) groups excluding carboxylic acids is 1. The highest BCUT2D eigenvalue weighted by molar-refractivity contribution is 6.05. The van der Waals surface area contributed by atoms with E-state index >= 15 is 0 Å². The van der Waals surface area contributed by atoms with Crippen LogP contribution in [0.25, 0.3) is 16.6 Å². The molecule has 7 nitrogen and oxygen atoms in total. The van der Waals surface area contributed by atoms with Crippen LogP contribution in [0.1, 0.15) is 37.4 Å². The Morgan fingerprint density at radius 1 is 1.13 bits per heavy atom. The lowest BCUT2D eigenvalue weighted by Gasteiger charge is -2.25. The average Bonchev–Trinajstić information content (AvgIpc) is 3.12. The molecule has 1 aliphatic heterocycles. The van der Waals surface area contributed by atoms with Gasteiger partial charge in [-0.05, 0) is 44.1 Å². The Morgan fingerprint density at radius 2 is 1.87 bits per heavy atom. The van der Waals surface area contributed by atoms with Crippen LogP contribution in [0.2, 0.25) is 0 Å². The zero-order chi connectivity index (χ0) is 21.2. The molecule has 1 saturated heterocycles. The van der Waals surface area contributed by atoms with Gasteiger partial charge in [-0.3, -0.25) is 14.4 Å². The lowest BCUT2D eigenvalue weighted by Crippen LogP contribution is -2.31. The monoisotopic (exact) mass is 400 g/mol. The normalized spacial score (nSPS) is 20.4. The van der Waals surface area contributed by atoms with Crippen molar-refractivity contribution in [2.24, 2.45) is 18.4 Å². The van der Waals surface area contributed by atoms with Crippen LogP contribution < -0.4 is 4.90 Å².